The number of aromatic nitrogens is 2. The number of aryl methyl sites for hydroxylation is 1. The molecule has 5 rings (SSSR count). The molecular weight excluding hydrogens is 386 g/mol. The molecule has 8 nitrogen and oxygen atoms in total. The van der Waals surface area contributed by atoms with Crippen LogP contribution in [-0.2, 0) is 4.79 Å². The van der Waals surface area contributed by atoms with E-state index in [0.717, 1.165) is 17.0 Å². The summed E-state index contributed by atoms with van der Waals surface area (Å²) in [6.07, 6.45) is 0.0649. The number of nitrogens with one attached hydrogen (secondary N) is 1. The van der Waals surface area contributed by atoms with Crippen molar-refractivity contribution in [3.8, 4) is 22.9 Å². The highest BCUT2D eigenvalue weighted by Crippen LogP contribution is 2.40. The van der Waals surface area contributed by atoms with E-state index in [-0.39, 0.29) is 24.9 Å². The molecule has 1 amide bonds. The molecule has 1 atom stereocenters. The summed E-state index contributed by atoms with van der Waals surface area (Å²) in [7, 11) is 1.60. The van der Waals surface area contributed by atoms with Gasteiger partial charge in [0.15, 0.2) is 17.3 Å². The second-order valence-corrected chi connectivity index (χ2v) is 7.19. The number of carbonyl (C=O) groups is 2. The van der Waals surface area contributed by atoms with Crippen molar-refractivity contribution < 1.29 is 23.8 Å². The number of nitrogens with zero attached hydrogens (tertiary/aromatic N) is 2. The lowest BCUT2D eigenvalue weighted by atomic mass is 9.85. The number of hydrogen-bond acceptors (Lipinski definition) is 6. The number of methoxy groups -OCH3 is 1. The van der Waals surface area contributed by atoms with Crippen LogP contribution in [0.3, 0.4) is 0 Å². The quantitative estimate of drug-likeness (QED) is 0.670. The number of ketones is 1. The summed E-state index contributed by atoms with van der Waals surface area (Å²) < 4.78 is 17.6. The molecule has 0 saturated carbocycles. The number of benzene rings is 2. The fraction of sp³-hybridized carbons (Fsp3) is 0.227. The average Bonchev–Trinajstić information content (AvgIpc) is 3.36. The number of anilines is 1. The lowest BCUT2D eigenvalue weighted by molar-refractivity contribution is -0.116. The van der Waals surface area contributed by atoms with E-state index in [4.69, 9.17) is 14.2 Å². The van der Waals surface area contributed by atoms with Gasteiger partial charge in [-0.2, -0.15) is 5.10 Å². The monoisotopic (exact) mass is 405 g/mol. The first-order chi connectivity index (χ1) is 14.5. The van der Waals surface area contributed by atoms with Crippen molar-refractivity contribution in [2.24, 2.45) is 0 Å². The van der Waals surface area contributed by atoms with Crippen molar-refractivity contribution in [1.29, 1.82) is 0 Å². The minimum Gasteiger partial charge on any atom is -0.497 e. The zero-order chi connectivity index (χ0) is 20.8. The standard InChI is InChI=1S/C22H19N3O5/c1-12-20-16(21(27)13-3-8-17-18(9-13)30-11-29-17)10-19(26)23-22(20)25(24-12)14-4-6-15(28-2)7-5-14/h3-9,16H,10-11H2,1-2H3,(H,23,26)/t16-/m1/s1. The highest BCUT2D eigenvalue weighted by Gasteiger charge is 2.36. The Bertz CT molecular complexity index is 1170. The largest absolute Gasteiger partial charge is 0.497 e. The minimum atomic E-state index is -0.624. The Morgan fingerprint density at radius 3 is 2.70 bits per heavy atom. The third kappa shape index (κ3) is 2.88. The minimum absolute atomic E-state index is 0.0649. The second kappa shape index (κ2) is 6.91. The van der Waals surface area contributed by atoms with E-state index in [2.05, 4.69) is 10.4 Å². The van der Waals surface area contributed by atoms with Gasteiger partial charge in [-0.3, -0.25) is 9.59 Å². The first kappa shape index (κ1) is 18.2. The van der Waals surface area contributed by atoms with E-state index in [1.165, 1.54) is 0 Å². The Kier molecular flexibility index (Phi) is 4.20. The van der Waals surface area contributed by atoms with Crippen LogP contribution in [0.5, 0.6) is 17.2 Å². The Balaban J connectivity index is 1.56. The molecule has 2 aliphatic heterocycles. The summed E-state index contributed by atoms with van der Waals surface area (Å²) in [5.74, 6) is 1.38. The molecule has 8 heteroatoms. The van der Waals surface area contributed by atoms with Crippen LogP contribution in [0.15, 0.2) is 42.5 Å². The number of rotatable bonds is 4. The molecule has 0 radical (unpaired) electrons. The van der Waals surface area contributed by atoms with Gasteiger partial charge in [-0.15, -0.1) is 0 Å². The molecule has 1 aromatic heterocycles. The fourth-order valence-corrected chi connectivity index (χ4v) is 3.93. The predicted molar refractivity (Wildman–Crippen MR) is 108 cm³/mol. The first-order valence-electron chi connectivity index (χ1n) is 9.53. The molecule has 2 aromatic carbocycles. The van der Waals surface area contributed by atoms with Crippen LogP contribution in [0, 0.1) is 6.92 Å². The molecule has 3 aromatic rings. The van der Waals surface area contributed by atoms with Crippen molar-refractivity contribution in [2.75, 3.05) is 19.2 Å². The zero-order valence-electron chi connectivity index (χ0n) is 16.5. The Morgan fingerprint density at radius 1 is 1.17 bits per heavy atom. The average molecular weight is 405 g/mol. The maximum absolute atomic E-state index is 13.4. The van der Waals surface area contributed by atoms with Gasteiger partial charge < -0.3 is 19.5 Å². The van der Waals surface area contributed by atoms with Crippen molar-refractivity contribution in [2.45, 2.75) is 19.3 Å². The molecule has 0 bridgehead atoms. The van der Waals surface area contributed by atoms with Crippen molar-refractivity contribution in [3.05, 3.63) is 59.3 Å². The maximum Gasteiger partial charge on any atom is 0.231 e. The Labute approximate surface area is 172 Å². The smallest absolute Gasteiger partial charge is 0.231 e. The van der Waals surface area contributed by atoms with E-state index < -0.39 is 5.92 Å². The van der Waals surface area contributed by atoms with Gasteiger partial charge in [-0.1, -0.05) is 0 Å². The lowest BCUT2D eigenvalue weighted by Crippen LogP contribution is -2.28. The third-order valence-electron chi connectivity index (χ3n) is 5.39. The molecule has 1 N–H and O–H groups in total. The number of amides is 1. The molecule has 0 saturated heterocycles. The van der Waals surface area contributed by atoms with Crippen LogP contribution in [0.1, 0.15) is 34.0 Å². The summed E-state index contributed by atoms with van der Waals surface area (Å²) in [6.45, 7) is 1.98. The normalized spacial score (nSPS) is 16.7. The van der Waals surface area contributed by atoms with Crippen LogP contribution in [0.4, 0.5) is 5.82 Å². The van der Waals surface area contributed by atoms with Crippen LogP contribution >= 0.6 is 0 Å². The molecule has 2 aliphatic rings. The molecule has 152 valence electrons. The number of ether oxygens (including phenoxy) is 3. The summed E-state index contributed by atoms with van der Waals surface area (Å²) in [5.41, 5.74) is 2.66. The van der Waals surface area contributed by atoms with Gasteiger partial charge in [-0.25, -0.2) is 4.68 Å². The topological polar surface area (TPSA) is 91.7 Å². The van der Waals surface area contributed by atoms with E-state index in [0.29, 0.717) is 28.6 Å². The molecule has 0 unspecified atom stereocenters. The molecular formula is C22H19N3O5. The van der Waals surface area contributed by atoms with Crippen LogP contribution in [-0.4, -0.2) is 35.4 Å². The number of fused-ring (bicyclic) bond motifs is 2. The Morgan fingerprint density at radius 2 is 1.93 bits per heavy atom. The molecule has 0 fully saturated rings. The van der Waals surface area contributed by atoms with E-state index >= 15 is 0 Å². The lowest BCUT2D eigenvalue weighted by Gasteiger charge is -2.23. The zero-order valence-corrected chi connectivity index (χ0v) is 16.5. The van der Waals surface area contributed by atoms with Gasteiger partial charge in [0, 0.05) is 17.5 Å². The molecule has 0 aliphatic carbocycles. The van der Waals surface area contributed by atoms with Gasteiger partial charge in [0.25, 0.3) is 0 Å². The van der Waals surface area contributed by atoms with Gasteiger partial charge in [-0.05, 0) is 49.4 Å². The van der Waals surface area contributed by atoms with Crippen molar-refractivity contribution in [1.82, 2.24) is 9.78 Å². The van der Waals surface area contributed by atoms with Gasteiger partial charge >= 0.3 is 0 Å². The number of hydrogen-bond donors (Lipinski definition) is 1. The molecule has 3 heterocycles. The van der Waals surface area contributed by atoms with Gasteiger partial charge in [0.1, 0.15) is 11.6 Å². The highest BCUT2D eigenvalue weighted by molar-refractivity contribution is 6.08. The Hall–Kier alpha value is -3.81. The molecule has 0 spiro atoms. The van der Waals surface area contributed by atoms with Crippen molar-refractivity contribution >= 4 is 17.5 Å². The third-order valence-corrected chi connectivity index (χ3v) is 5.39. The van der Waals surface area contributed by atoms with Crippen LogP contribution < -0.4 is 19.5 Å². The van der Waals surface area contributed by atoms with Gasteiger partial charge in [0.05, 0.1) is 24.4 Å². The molecule has 30 heavy (non-hydrogen) atoms. The van der Waals surface area contributed by atoms with E-state index in [1.807, 2.05) is 31.2 Å². The summed E-state index contributed by atoms with van der Waals surface area (Å²) >= 11 is 0. The number of Topliss-reactive ketones (excluding diaryl/α,β-unsaturated/α-hetero) is 1. The van der Waals surface area contributed by atoms with Crippen LogP contribution in [0.2, 0.25) is 0 Å². The van der Waals surface area contributed by atoms with E-state index in [9.17, 15) is 9.59 Å². The summed E-state index contributed by atoms with van der Waals surface area (Å²) in [5, 5.41) is 7.49. The second-order valence-electron chi connectivity index (χ2n) is 7.19. The summed E-state index contributed by atoms with van der Waals surface area (Å²) in [6, 6.07) is 12.4. The van der Waals surface area contributed by atoms with Crippen molar-refractivity contribution in [3.63, 3.8) is 0 Å². The highest BCUT2D eigenvalue weighted by atomic mass is 16.7. The number of carbonyl (C=O) groups excluding carboxylic acids is 2. The first-order valence-corrected chi connectivity index (χ1v) is 9.53. The van der Waals surface area contributed by atoms with Gasteiger partial charge in [0.2, 0.25) is 12.7 Å². The van der Waals surface area contributed by atoms with Crippen LogP contribution in [0.25, 0.3) is 5.69 Å². The maximum atomic E-state index is 13.4. The fourth-order valence-electron chi connectivity index (χ4n) is 3.93. The summed E-state index contributed by atoms with van der Waals surface area (Å²) in [4.78, 5) is 25.8. The predicted octanol–water partition coefficient (Wildman–Crippen LogP) is 3.23. The SMILES string of the molecule is COc1ccc(-n2nc(C)c3c2NC(=O)C[C@H]3C(=O)c2ccc3c(c2)OCO3)cc1. The van der Waals surface area contributed by atoms with E-state index in [1.54, 1.807) is 30.0 Å².